The molecule has 0 bridgehead atoms. The number of rotatable bonds is 5. The first kappa shape index (κ1) is 38.4. The van der Waals surface area contributed by atoms with Gasteiger partial charge in [-0.25, -0.2) is 0 Å². The smallest absolute Gasteiger partial charge is 0.0541 e. The number of benzene rings is 3. The van der Waals surface area contributed by atoms with E-state index in [-0.39, 0.29) is 0 Å². The van der Waals surface area contributed by atoms with Gasteiger partial charge in [-0.1, -0.05) is 142 Å². The molecule has 0 spiro atoms. The van der Waals surface area contributed by atoms with Crippen molar-refractivity contribution in [2.24, 2.45) is 0 Å². The molecule has 0 N–H and O–H groups in total. The summed E-state index contributed by atoms with van der Waals surface area (Å²) in [6.07, 6.45) is 6.61. The van der Waals surface area contributed by atoms with Gasteiger partial charge in [0.25, 0.3) is 0 Å². The van der Waals surface area contributed by atoms with E-state index in [1.807, 2.05) is 66.7 Å². The van der Waals surface area contributed by atoms with Gasteiger partial charge in [-0.15, -0.1) is 11.3 Å². The summed E-state index contributed by atoms with van der Waals surface area (Å²) in [4.78, 5) is 2.66. The van der Waals surface area contributed by atoms with E-state index in [4.69, 9.17) is 0 Å². The van der Waals surface area contributed by atoms with Crippen LogP contribution in [-0.4, -0.2) is 4.57 Å². The van der Waals surface area contributed by atoms with Crippen LogP contribution in [0, 0.1) is 13.8 Å². The lowest BCUT2D eigenvalue weighted by atomic mass is 10.0. The van der Waals surface area contributed by atoms with Crippen LogP contribution in [0.2, 0.25) is 0 Å². The van der Waals surface area contributed by atoms with Crippen LogP contribution in [-0.2, 0) is 6.42 Å². The Bertz CT molecular complexity index is 1610. The second kappa shape index (κ2) is 21.1. The fraction of sp³-hybridized carbons (Fsp3) is 0.333. The van der Waals surface area contributed by atoms with Gasteiger partial charge in [-0.3, -0.25) is 0 Å². The molecule has 5 rings (SSSR count). The highest BCUT2D eigenvalue weighted by Gasteiger charge is 2.13. The van der Waals surface area contributed by atoms with Crippen molar-refractivity contribution in [2.75, 3.05) is 0 Å². The third-order valence-corrected chi connectivity index (χ3v) is 7.94. The van der Waals surface area contributed by atoms with E-state index in [1.165, 1.54) is 59.5 Å². The van der Waals surface area contributed by atoms with Crippen molar-refractivity contribution in [3.05, 3.63) is 118 Å². The van der Waals surface area contributed by atoms with Gasteiger partial charge in [0.1, 0.15) is 0 Å². The maximum absolute atomic E-state index is 2.38. The van der Waals surface area contributed by atoms with Gasteiger partial charge in [0.2, 0.25) is 0 Å². The summed E-state index contributed by atoms with van der Waals surface area (Å²) < 4.78 is 2.38. The lowest BCUT2D eigenvalue weighted by Crippen LogP contribution is -1.93. The Balaban J connectivity index is 0.00000112. The van der Waals surface area contributed by atoms with Gasteiger partial charge >= 0.3 is 0 Å². The minimum atomic E-state index is 1.02. The van der Waals surface area contributed by atoms with Crippen molar-refractivity contribution in [1.82, 2.24) is 4.57 Å². The van der Waals surface area contributed by atoms with Crippen molar-refractivity contribution >= 4 is 39.2 Å². The summed E-state index contributed by atoms with van der Waals surface area (Å²) in [6.45, 7) is 24.8. The van der Waals surface area contributed by atoms with Crippen LogP contribution < -0.4 is 0 Å². The fourth-order valence-electron chi connectivity index (χ4n) is 4.88. The molecule has 5 aromatic rings. The number of nitrogens with zero attached hydrogens (tertiary/aromatic N) is 1. The van der Waals surface area contributed by atoms with Gasteiger partial charge in [-0.05, 0) is 79.8 Å². The molecule has 0 fully saturated rings. The third-order valence-electron chi connectivity index (χ3n) is 6.79. The summed E-state index contributed by atoms with van der Waals surface area (Å²) in [5.41, 5.74) is 8.86. The molecule has 0 aliphatic carbocycles. The van der Waals surface area contributed by atoms with Gasteiger partial charge in [0.05, 0.1) is 11.0 Å². The SMILES string of the molecule is CC.CC.CC.CC.CC/C=C\c1sc(C)c(-c2ccc3c(c2)c2ccccc2n3-c2ccc(C)cc2)ccccc1CC. The Hall–Kier alpha value is -3.62. The van der Waals surface area contributed by atoms with Crippen molar-refractivity contribution in [1.29, 1.82) is 0 Å². The van der Waals surface area contributed by atoms with Gasteiger partial charge in [0.15, 0.2) is 0 Å². The van der Waals surface area contributed by atoms with Crippen LogP contribution >= 0.6 is 11.3 Å². The molecule has 3 aromatic carbocycles. The molecular formula is C42H57NS. The molecule has 2 heterocycles. The Labute approximate surface area is 273 Å². The maximum atomic E-state index is 2.38. The zero-order valence-corrected chi connectivity index (χ0v) is 30.4. The van der Waals surface area contributed by atoms with Crippen molar-refractivity contribution in [3.63, 3.8) is 0 Å². The monoisotopic (exact) mass is 607 g/mol. The average molecular weight is 608 g/mol. The molecule has 1 nitrogen and oxygen atoms in total. The minimum absolute atomic E-state index is 1.02. The Morgan fingerprint density at radius 3 is 1.86 bits per heavy atom. The van der Waals surface area contributed by atoms with E-state index in [2.05, 4.69) is 135 Å². The Morgan fingerprint density at radius 2 is 1.23 bits per heavy atom. The van der Waals surface area contributed by atoms with E-state index >= 15 is 0 Å². The first-order chi connectivity index (χ1) is 21.6. The fourth-order valence-corrected chi connectivity index (χ4v) is 6.01. The summed E-state index contributed by atoms with van der Waals surface area (Å²) >= 11 is 1.89. The minimum Gasteiger partial charge on any atom is -0.309 e. The molecule has 0 aliphatic heterocycles. The molecule has 0 saturated carbocycles. The van der Waals surface area contributed by atoms with Crippen LogP contribution in [0.1, 0.15) is 96.5 Å². The number of aryl methyl sites for hydroxylation is 3. The molecule has 0 atom stereocenters. The van der Waals surface area contributed by atoms with E-state index in [1.54, 1.807) is 0 Å². The van der Waals surface area contributed by atoms with E-state index in [0.717, 1.165) is 12.8 Å². The first-order valence-corrected chi connectivity index (χ1v) is 17.7. The maximum Gasteiger partial charge on any atom is 0.0541 e. The first-order valence-electron chi connectivity index (χ1n) is 16.8. The molecule has 2 heteroatoms. The summed E-state index contributed by atoms with van der Waals surface area (Å²) in [5.74, 6) is 0. The summed E-state index contributed by atoms with van der Waals surface area (Å²) in [7, 11) is 0. The molecule has 236 valence electrons. The van der Waals surface area contributed by atoms with Crippen molar-refractivity contribution < 1.29 is 0 Å². The van der Waals surface area contributed by atoms with Crippen molar-refractivity contribution in [2.45, 2.75) is 95.9 Å². The number of hydrogen-bond acceptors (Lipinski definition) is 1. The topological polar surface area (TPSA) is 4.93 Å². The quantitative estimate of drug-likeness (QED) is 0.187. The molecule has 0 radical (unpaired) electrons. The standard InChI is InChI=1S/C34H33NS.4C2H6/c1-5-7-16-34-26(6-2)12-8-9-13-29(25(4)36-34)27-19-22-33-31(23-27)30-14-10-11-15-32(30)35(33)28-20-17-24(3)18-21-28;4*1-2/h7-23H,5-6H2,1-4H3;4*1-2H3/b12-8?,13-9?,16-7-,29-25?,34-26?;;;;. The number of aromatic nitrogens is 1. The largest absolute Gasteiger partial charge is 0.309 e. The highest BCUT2D eigenvalue weighted by Crippen LogP contribution is 2.36. The van der Waals surface area contributed by atoms with E-state index in [0.29, 0.717) is 0 Å². The van der Waals surface area contributed by atoms with Gasteiger partial charge in [0, 0.05) is 26.2 Å². The molecule has 0 amide bonds. The van der Waals surface area contributed by atoms with Crippen LogP contribution in [0.5, 0.6) is 0 Å². The predicted molar refractivity (Wildman–Crippen MR) is 205 cm³/mol. The molecular weight excluding hydrogens is 551 g/mol. The number of allylic oxidation sites excluding steroid dienone is 1. The van der Waals surface area contributed by atoms with Crippen LogP contribution in [0.4, 0.5) is 0 Å². The van der Waals surface area contributed by atoms with E-state index in [9.17, 15) is 0 Å². The highest BCUT2D eigenvalue weighted by molar-refractivity contribution is 7.12. The summed E-state index contributed by atoms with van der Waals surface area (Å²) in [5, 5.41) is 2.57. The van der Waals surface area contributed by atoms with Crippen molar-refractivity contribution in [3.8, 4) is 16.8 Å². The second-order valence-electron chi connectivity index (χ2n) is 9.26. The van der Waals surface area contributed by atoms with Crippen LogP contribution in [0.15, 0.2) is 97.1 Å². The molecule has 0 saturated heterocycles. The molecule has 44 heavy (non-hydrogen) atoms. The predicted octanol–water partition coefficient (Wildman–Crippen LogP) is 14.3. The normalized spacial score (nSPS) is 9.91. The Kier molecular flexibility index (Phi) is 18.5. The molecule has 2 aromatic heterocycles. The molecule has 0 aliphatic rings. The highest BCUT2D eigenvalue weighted by atomic mass is 32.1. The summed E-state index contributed by atoms with van der Waals surface area (Å²) in [6, 6.07) is 33.4. The number of fused-ring (bicyclic) bond motifs is 3. The number of hydrogen-bond donors (Lipinski definition) is 0. The van der Waals surface area contributed by atoms with Gasteiger partial charge in [-0.2, -0.15) is 0 Å². The molecule has 0 unspecified atom stereocenters. The van der Waals surface area contributed by atoms with Gasteiger partial charge < -0.3 is 4.57 Å². The van der Waals surface area contributed by atoms with E-state index < -0.39 is 0 Å². The number of para-hydroxylation sites is 1. The zero-order chi connectivity index (χ0) is 33.1. The lowest BCUT2D eigenvalue weighted by Gasteiger charge is -2.09. The van der Waals surface area contributed by atoms with Crippen LogP contribution in [0.3, 0.4) is 0 Å². The second-order valence-corrected chi connectivity index (χ2v) is 10.5. The third kappa shape index (κ3) is 9.44. The van der Waals surface area contributed by atoms with Crippen LogP contribution in [0.25, 0.3) is 44.7 Å². The lowest BCUT2D eigenvalue weighted by molar-refractivity contribution is 1.14. The zero-order valence-electron chi connectivity index (χ0n) is 29.6. The Morgan fingerprint density at radius 1 is 0.636 bits per heavy atom. The average Bonchev–Trinajstić information content (AvgIpc) is 3.45.